The number of para-hydroxylation sites is 2. The van der Waals surface area contributed by atoms with Gasteiger partial charge in [0, 0.05) is 49.8 Å². The van der Waals surface area contributed by atoms with Crippen molar-refractivity contribution in [2.75, 3.05) is 52.4 Å². The van der Waals surface area contributed by atoms with Crippen molar-refractivity contribution in [3.05, 3.63) is 47.5 Å². The fourth-order valence-corrected chi connectivity index (χ4v) is 4.73. The standard InChI is InChI=1S/C23H30N2O4/c1-27-21-8-9-22(28-2)17-15-20(26)19(14-16(17)21)25-12-10-24(11-13-25)18-6-4-5-7-23(18)29-3/h4-9,19-20,26H,10-15H2,1-3H3/t19-,20+/m0/s1. The number of aliphatic hydroxyl groups excluding tert-OH is 1. The lowest BCUT2D eigenvalue weighted by Gasteiger charge is -2.44. The van der Waals surface area contributed by atoms with Gasteiger partial charge in [-0.1, -0.05) is 12.1 Å². The van der Waals surface area contributed by atoms with E-state index in [1.165, 1.54) is 0 Å². The molecular weight excluding hydrogens is 368 g/mol. The van der Waals surface area contributed by atoms with Gasteiger partial charge in [0.25, 0.3) is 0 Å². The summed E-state index contributed by atoms with van der Waals surface area (Å²) in [5.41, 5.74) is 3.37. The Morgan fingerprint density at radius 2 is 1.34 bits per heavy atom. The van der Waals surface area contributed by atoms with Gasteiger partial charge in [0.2, 0.25) is 0 Å². The van der Waals surface area contributed by atoms with Gasteiger partial charge in [-0.05, 0) is 30.7 Å². The highest BCUT2D eigenvalue weighted by Crippen LogP contribution is 2.38. The van der Waals surface area contributed by atoms with Crippen molar-refractivity contribution in [1.29, 1.82) is 0 Å². The molecule has 1 saturated heterocycles. The summed E-state index contributed by atoms with van der Waals surface area (Å²) in [6.45, 7) is 3.63. The first-order valence-corrected chi connectivity index (χ1v) is 10.2. The van der Waals surface area contributed by atoms with E-state index in [0.717, 1.165) is 66.7 Å². The lowest BCUT2D eigenvalue weighted by atomic mass is 9.84. The first-order valence-electron chi connectivity index (χ1n) is 10.2. The number of hydrogen-bond donors (Lipinski definition) is 1. The normalized spacial score (nSPS) is 22.1. The average molecular weight is 399 g/mol. The van der Waals surface area contributed by atoms with Crippen LogP contribution in [-0.2, 0) is 12.8 Å². The van der Waals surface area contributed by atoms with Crippen LogP contribution in [0.5, 0.6) is 17.2 Å². The summed E-state index contributed by atoms with van der Waals surface area (Å²) < 4.78 is 16.7. The monoisotopic (exact) mass is 398 g/mol. The van der Waals surface area contributed by atoms with Crippen LogP contribution in [0.15, 0.2) is 36.4 Å². The number of benzene rings is 2. The molecule has 1 aliphatic carbocycles. The van der Waals surface area contributed by atoms with Crippen molar-refractivity contribution in [3.8, 4) is 17.2 Å². The predicted molar refractivity (Wildman–Crippen MR) is 114 cm³/mol. The van der Waals surface area contributed by atoms with E-state index in [1.807, 2.05) is 30.3 Å². The molecule has 0 saturated carbocycles. The first kappa shape index (κ1) is 19.9. The second-order valence-electron chi connectivity index (χ2n) is 7.66. The van der Waals surface area contributed by atoms with E-state index in [0.29, 0.717) is 6.42 Å². The molecule has 0 bridgehead atoms. The number of methoxy groups -OCH3 is 3. The number of nitrogens with zero attached hydrogens (tertiary/aromatic N) is 2. The van der Waals surface area contributed by atoms with E-state index in [2.05, 4.69) is 15.9 Å². The van der Waals surface area contributed by atoms with Crippen LogP contribution < -0.4 is 19.1 Å². The highest BCUT2D eigenvalue weighted by atomic mass is 16.5. The van der Waals surface area contributed by atoms with Crippen LogP contribution in [0.25, 0.3) is 0 Å². The van der Waals surface area contributed by atoms with Crippen molar-refractivity contribution in [2.45, 2.75) is 25.0 Å². The number of anilines is 1. The van der Waals surface area contributed by atoms with E-state index in [4.69, 9.17) is 14.2 Å². The van der Waals surface area contributed by atoms with Crippen LogP contribution in [0.2, 0.25) is 0 Å². The van der Waals surface area contributed by atoms with E-state index in [-0.39, 0.29) is 6.04 Å². The highest BCUT2D eigenvalue weighted by Gasteiger charge is 2.36. The van der Waals surface area contributed by atoms with Gasteiger partial charge in [0.05, 0.1) is 33.1 Å². The number of piperazine rings is 1. The van der Waals surface area contributed by atoms with Gasteiger partial charge in [-0.2, -0.15) is 0 Å². The van der Waals surface area contributed by atoms with Crippen molar-refractivity contribution in [2.24, 2.45) is 0 Å². The van der Waals surface area contributed by atoms with Gasteiger partial charge in [-0.15, -0.1) is 0 Å². The third-order valence-corrected chi connectivity index (χ3v) is 6.26. The Hall–Kier alpha value is -2.44. The Kier molecular flexibility index (Phi) is 5.83. The van der Waals surface area contributed by atoms with Gasteiger partial charge in [-0.3, -0.25) is 4.90 Å². The largest absolute Gasteiger partial charge is 0.496 e. The second kappa shape index (κ2) is 8.51. The molecule has 0 spiro atoms. The third-order valence-electron chi connectivity index (χ3n) is 6.26. The zero-order chi connectivity index (χ0) is 20.4. The molecule has 1 heterocycles. The van der Waals surface area contributed by atoms with Gasteiger partial charge >= 0.3 is 0 Å². The fourth-order valence-electron chi connectivity index (χ4n) is 4.73. The van der Waals surface area contributed by atoms with Crippen LogP contribution in [-0.4, -0.2) is 69.7 Å². The molecule has 0 unspecified atom stereocenters. The molecule has 2 aromatic rings. The fraction of sp³-hybridized carbons (Fsp3) is 0.478. The van der Waals surface area contributed by atoms with Gasteiger partial charge < -0.3 is 24.2 Å². The highest BCUT2D eigenvalue weighted by molar-refractivity contribution is 5.58. The molecule has 4 rings (SSSR count). The molecule has 1 N–H and O–H groups in total. The Bertz CT molecular complexity index is 849. The smallest absolute Gasteiger partial charge is 0.142 e. The van der Waals surface area contributed by atoms with Crippen LogP contribution in [0.4, 0.5) is 5.69 Å². The van der Waals surface area contributed by atoms with Crippen molar-refractivity contribution in [3.63, 3.8) is 0 Å². The minimum absolute atomic E-state index is 0.0864. The van der Waals surface area contributed by atoms with Crippen LogP contribution in [0.1, 0.15) is 11.1 Å². The number of fused-ring (bicyclic) bond motifs is 1. The summed E-state index contributed by atoms with van der Waals surface area (Å²) in [7, 11) is 5.10. The maximum atomic E-state index is 10.9. The Morgan fingerprint density at radius 3 is 1.97 bits per heavy atom. The quantitative estimate of drug-likeness (QED) is 0.835. The number of hydrogen-bond acceptors (Lipinski definition) is 6. The SMILES string of the molecule is COc1ccccc1N1CCN([C@H]2Cc3c(OC)ccc(OC)c3C[C@H]2O)CC1. The van der Waals surface area contributed by atoms with Crippen LogP contribution >= 0.6 is 0 Å². The summed E-state index contributed by atoms with van der Waals surface area (Å²) in [5, 5.41) is 10.9. The summed E-state index contributed by atoms with van der Waals surface area (Å²) in [5.74, 6) is 2.62. The zero-order valence-electron chi connectivity index (χ0n) is 17.4. The molecule has 2 atom stereocenters. The Balaban J connectivity index is 1.50. The Morgan fingerprint density at radius 1 is 0.759 bits per heavy atom. The third kappa shape index (κ3) is 3.74. The van der Waals surface area contributed by atoms with E-state index in [1.54, 1.807) is 21.3 Å². The molecule has 29 heavy (non-hydrogen) atoms. The minimum atomic E-state index is -0.415. The lowest BCUT2D eigenvalue weighted by Crippen LogP contribution is -2.56. The first-order chi connectivity index (χ1) is 14.2. The molecule has 6 nitrogen and oxygen atoms in total. The molecule has 156 valence electrons. The summed E-state index contributed by atoms with van der Waals surface area (Å²) in [6, 6.07) is 12.1. The molecule has 2 aliphatic rings. The van der Waals surface area contributed by atoms with Crippen molar-refractivity contribution < 1.29 is 19.3 Å². The van der Waals surface area contributed by atoms with E-state index >= 15 is 0 Å². The molecular formula is C23H30N2O4. The minimum Gasteiger partial charge on any atom is -0.496 e. The predicted octanol–water partition coefficient (Wildman–Crippen LogP) is 2.36. The summed E-state index contributed by atoms with van der Waals surface area (Å²) >= 11 is 0. The van der Waals surface area contributed by atoms with Gasteiger partial charge in [0.15, 0.2) is 0 Å². The van der Waals surface area contributed by atoms with E-state index < -0.39 is 6.10 Å². The van der Waals surface area contributed by atoms with Crippen LogP contribution in [0, 0.1) is 0 Å². The molecule has 6 heteroatoms. The number of rotatable bonds is 5. The summed E-state index contributed by atoms with van der Waals surface area (Å²) in [6.07, 6.45) is 0.944. The number of ether oxygens (including phenoxy) is 3. The lowest BCUT2D eigenvalue weighted by molar-refractivity contribution is 0.0384. The number of aliphatic hydroxyl groups is 1. The van der Waals surface area contributed by atoms with Gasteiger partial charge in [-0.25, -0.2) is 0 Å². The zero-order valence-corrected chi connectivity index (χ0v) is 17.4. The second-order valence-corrected chi connectivity index (χ2v) is 7.66. The molecule has 0 aromatic heterocycles. The van der Waals surface area contributed by atoms with Gasteiger partial charge in [0.1, 0.15) is 17.2 Å². The Labute approximate surface area is 172 Å². The molecule has 0 radical (unpaired) electrons. The maximum Gasteiger partial charge on any atom is 0.142 e. The molecule has 0 amide bonds. The average Bonchev–Trinajstić information content (AvgIpc) is 2.78. The maximum absolute atomic E-state index is 10.9. The van der Waals surface area contributed by atoms with Crippen molar-refractivity contribution >= 4 is 5.69 Å². The molecule has 1 aliphatic heterocycles. The molecule has 1 fully saturated rings. The summed E-state index contributed by atoms with van der Waals surface area (Å²) in [4.78, 5) is 4.78. The van der Waals surface area contributed by atoms with Crippen molar-refractivity contribution in [1.82, 2.24) is 4.90 Å². The van der Waals surface area contributed by atoms with Crippen LogP contribution in [0.3, 0.4) is 0 Å². The molecule has 2 aromatic carbocycles. The topological polar surface area (TPSA) is 54.4 Å². The van der Waals surface area contributed by atoms with E-state index in [9.17, 15) is 5.11 Å².